The van der Waals surface area contributed by atoms with E-state index < -0.39 is 0 Å². The highest BCUT2D eigenvalue weighted by Crippen LogP contribution is 2.43. The Morgan fingerprint density at radius 3 is 3.00 bits per heavy atom. The van der Waals surface area contributed by atoms with Crippen LogP contribution in [-0.2, 0) is 9.53 Å². The van der Waals surface area contributed by atoms with E-state index in [9.17, 15) is 4.79 Å². The number of carbonyl (C=O) groups is 1. The van der Waals surface area contributed by atoms with Gasteiger partial charge in [-0.1, -0.05) is 13.3 Å². The third kappa shape index (κ3) is 3.81. The van der Waals surface area contributed by atoms with Gasteiger partial charge in [-0.25, -0.2) is 0 Å². The summed E-state index contributed by atoms with van der Waals surface area (Å²) in [7, 11) is 0. The summed E-state index contributed by atoms with van der Waals surface area (Å²) >= 11 is 3.39. The van der Waals surface area contributed by atoms with Crippen LogP contribution in [0.25, 0.3) is 0 Å². The maximum Gasteiger partial charge on any atom is 0.319 e. The standard InChI is InChI=1S/C9H15O2S2/c1-3-4-5-11-9(10)8-6-12-7(2)13-8/h8H,3-6H2,1-2H3. The summed E-state index contributed by atoms with van der Waals surface area (Å²) in [5.41, 5.74) is 0. The Bertz CT molecular complexity index is 173. The summed E-state index contributed by atoms with van der Waals surface area (Å²) < 4.78 is 6.40. The van der Waals surface area contributed by atoms with Crippen molar-refractivity contribution in [3.05, 3.63) is 4.58 Å². The Kier molecular flexibility index (Phi) is 5.02. The molecule has 75 valence electrons. The van der Waals surface area contributed by atoms with Gasteiger partial charge in [-0.2, -0.15) is 0 Å². The van der Waals surface area contributed by atoms with Gasteiger partial charge in [0.15, 0.2) is 0 Å². The molecule has 1 radical (unpaired) electrons. The topological polar surface area (TPSA) is 26.3 Å². The molecule has 0 aromatic carbocycles. The molecular formula is C9H15O2S2. The van der Waals surface area contributed by atoms with Gasteiger partial charge in [0.2, 0.25) is 0 Å². The van der Waals surface area contributed by atoms with Crippen molar-refractivity contribution < 1.29 is 9.53 Å². The average molecular weight is 219 g/mol. The van der Waals surface area contributed by atoms with E-state index in [1.54, 1.807) is 23.5 Å². The van der Waals surface area contributed by atoms with Crippen LogP contribution in [0.15, 0.2) is 0 Å². The van der Waals surface area contributed by atoms with E-state index in [4.69, 9.17) is 4.74 Å². The highest BCUT2D eigenvalue weighted by Gasteiger charge is 2.30. The normalized spacial score (nSPS) is 23.4. The fraction of sp³-hybridized carbons (Fsp3) is 0.778. The number of unbranched alkanes of at least 4 members (excludes halogenated alkanes) is 1. The molecule has 0 spiro atoms. The number of rotatable bonds is 4. The second-order valence-electron chi connectivity index (χ2n) is 2.93. The fourth-order valence-electron chi connectivity index (χ4n) is 0.988. The minimum Gasteiger partial charge on any atom is -0.465 e. The van der Waals surface area contributed by atoms with Gasteiger partial charge in [-0.3, -0.25) is 4.79 Å². The molecule has 0 amide bonds. The summed E-state index contributed by atoms with van der Waals surface area (Å²) in [6.07, 6.45) is 2.05. The number of carbonyl (C=O) groups excluding carboxylic acids is 1. The second kappa shape index (κ2) is 5.81. The lowest BCUT2D eigenvalue weighted by Gasteiger charge is -2.07. The number of hydrogen-bond acceptors (Lipinski definition) is 4. The Hall–Kier alpha value is 0.170. The molecule has 0 saturated carbocycles. The van der Waals surface area contributed by atoms with Gasteiger partial charge in [-0.15, -0.1) is 23.5 Å². The van der Waals surface area contributed by atoms with Crippen molar-refractivity contribution in [3.63, 3.8) is 0 Å². The van der Waals surface area contributed by atoms with Crippen molar-refractivity contribution in [2.24, 2.45) is 0 Å². The first-order chi connectivity index (χ1) is 6.24. The Morgan fingerprint density at radius 1 is 1.69 bits per heavy atom. The van der Waals surface area contributed by atoms with Gasteiger partial charge in [0.05, 0.1) is 11.2 Å². The first-order valence-corrected chi connectivity index (χ1v) is 6.40. The quantitative estimate of drug-likeness (QED) is 0.536. The number of ether oxygens (including phenoxy) is 1. The van der Waals surface area contributed by atoms with Crippen molar-refractivity contribution in [1.29, 1.82) is 0 Å². The van der Waals surface area contributed by atoms with Gasteiger partial charge >= 0.3 is 5.97 Å². The van der Waals surface area contributed by atoms with Crippen LogP contribution in [-0.4, -0.2) is 23.6 Å². The van der Waals surface area contributed by atoms with Crippen LogP contribution >= 0.6 is 23.5 Å². The van der Waals surface area contributed by atoms with E-state index in [0.717, 1.165) is 18.6 Å². The molecule has 1 fully saturated rings. The Balaban J connectivity index is 2.16. The molecule has 1 unspecified atom stereocenters. The molecule has 1 saturated heterocycles. The molecule has 0 N–H and O–H groups in total. The SMILES string of the molecule is CCCCOC(=O)C1CS[C](C)S1. The molecule has 1 aliphatic heterocycles. The van der Waals surface area contributed by atoms with Gasteiger partial charge in [0, 0.05) is 5.75 Å². The van der Waals surface area contributed by atoms with Crippen LogP contribution in [0.4, 0.5) is 0 Å². The average Bonchev–Trinajstić information content (AvgIpc) is 2.52. The van der Waals surface area contributed by atoms with E-state index in [-0.39, 0.29) is 11.2 Å². The predicted octanol–water partition coefficient (Wildman–Crippen LogP) is 2.69. The lowest BCUT2D eigenvalue weighted by Crippen LogP contribution is -2.20. The molecule has 4 heteroatoms. The zero-order valence-corrected chi connectivity index (χ0v) is 9.67. The molecule has 0 aliphatic carbocycles. The van der Waals surface area contributed by atoms with Crippen LogP contribution in [0.2, 0.25) is 0 Å². The first kappa shape index (κ1) is 11.2. The van der Waals surface area contributed by atoms with Gasteiger partial charge in [0.25, 0.3) is 0 Å². The maximum absolute atomic E-state index is 11.4. The fourth-order valence-corrected chi connectivity index (χ4v) is 3.38. The molecule has 2 nitrogen and oxygen atoms in total. The Morgan fingerprint density at radius 2 is 2.46 bits per heavy atom. The largest absolute Gasteiger partial charge is 0.465 e. The van der Waals surface area contributed by atoms with Gasteiger partial charge in [-0.05, 0) is 13.3 Å². The third-order valence-electron chi connectivity index (χ3n) is 1.75. The second-order valence-corrected chi connectivity index (χ2v) is 5.84. The monoisotopic (exact) mass is 219 g/mol. The number of thioether (sulfide) groups is 2. The molecule has 0 bridgehead atoms. The zero-order valence-electron chi connectivity index (χ0n) is 8.04. The van der Waals surface area contributed by atoms with Crippen molar-refractivity contribution in [3.8, 4) is 0 Å². The summed E-state index contributed by atoms with van der Waals surface area (Å²) in [6.45, 7) is 4.72. The zero-order chi connectivity index (χ0) is 9.68. The minimum atomic E-state index is -0.0391. The minimum absolute atomic E-state index is 0.0391. The lowest BCUT2D eigenvalue weighted by molar-refractivity contribution is -0.142. The van der Waals surface area contributed by atoms with Crippen molar-refractivity contribution >= 4 is 29.5 Å². The molecule has 1 rings (SSSR count). The van der Waals surface area contributed by atoms with Crippen LogP contribution in [0, 0.1) is 4.58 Å². The van der Waals surface area contributed by atoms with Crippen LogP contribution in [0.3, 0.4) is 0 Å². The molecule has 0 aromatic heterocycles. The lowest BCUT2D eigenvalue weighted by atomic mass is 10.4. The highest BCUT2D eigenvalue weighted by atomic mass is 32.2. The van der Waals surface area contributed by atoms with E-state index in [1.165, 1.54) is 4.58 Å². The summed E-state index contributed by atoms with van der Waals surface area (Å²) in [4.78, 5) is 11.4. The first-order valence-electron chi connectivity index (χ1n) is 4.53. The summed E-state index contributed by atoms with van der Waals surface area (Å²) in [5, 5.41) is 0.0434. The van der Waals surface area contributed by atoms with Crippen LogP contribution in [0.5, 0.6) is 0 Å². The summed E-state index contributed by atoms with van der Waals surface area (Å²) in [5.74, 6) is 0.837. The highest BCUT2D eigenvalue weighted by molar-refractivity contribution is 8.24. The van der Waals surface area contributed by atoms with Crippen LogP contribution in [0.1, 0.15) is 26.7 Å². The number of esters is 1. The molecule has 1 aliphatic rings. The smallest absolute Gasteiger partial charge is 0.319 e. The van der Waals surface area contributed by atoms with E-state index >= 15 is 0 Å². The number of hydrogen-bond donors (Lipinski definition) is 0. The molecule has 1 atom stereocenters. The molecule has 1 heterocycles. The van der Waals surface area contributed by atoms with Crippen molar-refractivity contribution in [1.82, 2.24) is 0 Å². The van der Waals surface area contributed by atoms with E-state index in [2.05, 4.69) is 13.8 Å². The van der Waals surface area contributed by atoms with Crippen molar-refractivity contribution in [2.75, 3.05) is 12.4 Å². The molecule has 0 aromatic rings. The maximum atomic E-state index is 11.4. The van der Waals surface area contributed by atoms with Crippen LogP contribution < -0.4 is 0 Å². The molecule has 13 heavy (non-hydrogen) atoms. The molecular weight excluding hydrogens is 204 g/mol. The van der Waals surface area contributed by atoms with E-state index in [1.807, 2.05) is 0 Å². The summed E-state index contributed by atoms with van der Waals surface area (Å²) in [6, 6.07) is 0. The Labute approximate surface area is 88.2 Å². The van der Waals surface area contributed by atoms with Crippen molar-refractivity contribution in [2.45, 2.75) is 31.9 Å². The predicted molar refractivity (Wildman–Crippen MR) is 58.6 cm³/mol. The van der Waals surface area contributed by atoms with Gasteiger partial charge in [0.1, 0.15) is 5.25 Å². The van der Waals surface area contributed by atoms with Gasteiger partial charge < -0.3 is 4.74 Å². The van der Waals surface area contributed by atoms with E-state index in [0.29, 0.717) is 6.61 Å². The third-order valence-corrected chi connectivity index (χ3v) is 4.49.